The minimum Gasteiger partial charge on any atom is -0.481 e. The fourth-order valence-corrected chi connectivity index (χ4v) is 6.36. The lowest BCUT2D eigenvalue weighted by molar-refractivity contribution is -0.142. The molecule has 3 aromatic carbocycles. The fourth-order valence-electron chi connectivity index (χ4n) is 6.36. The molecule has 0 aliphatic heterocycles. The van der Waals surface area contributed by atoms with E-state index in [-0.39, 0.29) is 5.92 Å². The fraction of sp³-hybridized carbons (Fsp3) is 0.472. The summed E-state index contributed by atoms with van der Waals surface area (Å²) < 4.78 is 0. The largest absolute Gasteiger partial charge is 0.481 e. The highest BCUT2D eigenvalue weighted by Crippen LogP contribution is 2.39. The molecule has 1 fully saturated rings. The number of hydrogen-bond acceptors (Lipinski definition) is 1. The number of hydrogen-bond donors (Lipinski definition) is 1. The number of aryl methyl sites for hydroxylation is 1. The van der Waals surface area contributed by atoms with Crippen molar-refractivity contribution in [1.82, 2.24) is 0 Å². The van der Waals surface area contributed by atoms with Crippen LogP contribution in [0.4, 0.5) is 0 Å². The number of aliphatic carboxylic acids is 1. The molecule has 38 heavy (non-hydrogen) atoms. The SMILES string of the molecule is CCCCC(CCCc1ccc(-c2ccccc2-c2ccc(C3CCC(CCC)CC3)cc2)cc1)C(=O)O. The molecular weight excluding hydrogens is 464 g/mol. The van der Waals surface area contributed by atoms with Gasteiger partial charge in [-0.2, -0.15) is 0 Å². The van der Waals surface area contributed by atoms with E-state index in [9.17, 15) is 9.90 Å². The molecule has 0 radical (unpaired) electrons. The van der Waals surface area contributed by atoms with E-state index < -0.39 is 5.97 Å². The Labute approximate surface area is 230 Å². The lowest BCUT2D eigenvalue weighted by Crippen LogP contribution is -2.13. The normalized spacial score (nSPS) is 18.3. The third-order valence-electron chi connectivity index (χ3n) is 8.70. The van der Waals surface area contributed by atoms with Gasteiger partial charge >= 0.3 is 5.97 Å². The molecule has 0 amide bonds. The Morgan fingerprint density at radius 3 is 1.89 bits per heavy atom. The van der Waals surface area contributed by atoms with Gasteiger partial charge in [0.2, 0.25) is 0 Å². The summed E-state index contributed by atoms with van der Waals surface area (Å²) in [6, 6.07) is 27.0. The van der Waals surface area contributed by atoms with E-state index >= 15 is 0 Å². The molecule has 0 bridgehead atoms. The number of carboxylic acid groups (broad SMARTS) is 1. The molecule has 1 saturated carbocycles. The third kappa shape index (κ3) is 7.59. The van der Waals surface area contributed by atoms with Crippen molar-refractivity contribution < 1.29 is 9.90 Å². The van der Waals surface area contributed by atoms with E-state index in [0.29, 0.717) is 0 Å². The predicted octanol–water partition coefficient (Wildman–Crippen LogP) is 10.3. The summed E-state index contributed by atoms with van der Waals surface area (Å²) >= 11 is 0. The first-order chi connectivity index (χ1) is 18.6. The summed E-state index contributed by atoms with van der Waals surface area (Å²) in [5.41, 5.74) is 7.83. The summed E-state index contributed by atoms with van der Waals surface area (Å²) in [5.74, 6) is 0.819. The highest BCUT2D eigenvalue weighted by Gasteiger charge is 2.22. The maximum atomic E-state index is 11.5. The van der Waals surface area contributed by atoms with E-state index in [1.165, 1.54) is 71.9 Å². The molecule has 0 heterocycles. The van der Waals surface area contributed by atoms with E-state index in [2.05, 4.69) is 86.6 Å². The zero-order chi connectivity index (χ0) is 26.7. The van der Waals surface area contributed by atoms with E-state index in [0.717, 1.165) is 50.4 Å². The van der Waals surface area contributed by atoms with Crippen LogP contribution in [0.5, 0.6) is 0 Å². The molecule has 4 rings (SSSR count). The van der Waals surface area contributed by atoms with Gasteiger partial charge < -0.3 is 5.11 Å². The molecule has 0 saturated heterocycles. The van der Waals surface area contributed by atoms with Gasteiger partial charge in [-0.25, -0.2) is 0 Å². The summed E-state index contributed by atoms with van der Waals surface area (Å²) in [5, 5.41) is 9.49. The highest BCUT2D eigenvalue weighted by atomic mass is 16.4. The van der Waals surface area contributed by atoms with Gasteiger partial charge in [0.15, 0.2) is 0 Å². The van der Waals surface area contributed by atoms with E-state index in [4.69, 9.17) is 0 Å². The van der Waals surface area contributed by atoms with Crippen LogP contribution in [0.2, 0.25) is 0 Å². The molecule has 1 aliphatic rings. The first kappa shape index (κ1) is 28.1. The van der Waals surface area contributed by atoms with Gasteiger partial charge in [0.25, 0.3) is 0 Å². The van der Waals surface area contributed by atoms with Crippen LogP contribution in [-0.2, 0) is 11.2 Å². The molecule has 2 heteroatoms. The van der Waals surface area contributed by atoms with Crippen molar-refractivity contribution >= 4 is 5.97 Å². The van der Waals surface area contributed by atoms with Gasteiger partial charge in [-0.15, -0.1) is 0 Å². The van der Waals surface area contributed by atoms with Crippen LogP contribution in [0.1, 0.15) is 102 Å². The van der Waals surface area contributed by atoms with Crippen molar-refractivity contribution in [3.05, 3.63) is 83.9 Å². The van der Waals surface area contributed by atoms with Crippen molar-refractivity contribution in [2.24, 2.45) is 11.8 Å². The van der Waals surface area contributed by atoms with Gasteiger partial charge in [0.1, 0.15) is 0 Å². The molecule has 1 unspecified atom stereocenters. The zero-order valence-corrected chi connectivity index (χ0v) is 23.5. The minimum atomic E-state index is -0.641. The van der Waals surface area contributed by atoms with Gasteiger partial charge in [-0.3, -0.25) is 4.79 Å². The minimum absolute atomic E-state index is 0.205. The van der Waals surface area contributed by atoms with Crippen LogP contribution >= 0.6 is 0 Å². The number of unbranched alkanes of at least 4 members (excludes halogenated alkanes) is 1. The Bertz CT molecular complexity index is 1120. The van der Waals surface area contributed by atoms with Crippen LogP contribution in [0, 0.1) is 11.8 Å². The lowest BCUT2D eigenvalue weighted by Gasteiger charge is -2.28. The first-order valence-corrected chi connectivity index (χ1v) is 15.1. The lowest BCUT2D eigenvalue weighted by atomic mass is 9.77. The smallest absolute Gasteiger partial charge is 0.306 e. The highest BCUT2D eigenvalue weighted by molar-refractivity contribution is 5.83. The Hall–Kier alpha value is -2.87. The van der Waals surface area contributed by atoms with Crippen molar-refractivity contribution in [2.45, 2.75) is 96.8 Å². The summed E-state index contributed by atoms with van der Waals surface area (Å²) in [6.07, 6.45) is 13.6. The molecule has 0 aromatic heterocycles. The Balaban J connectivity index is 1.39. The summed E-state index contributed by atoms with van der Waals surface area (Å²) in [6.45, 7) is 4.43. The average molecular weight is 511 g/mol. The maximum Gasteiger partial charge on any atom is 0.306 e. The molecular formula is C36H46O2. The molecule has 2 nitrogen and oxygen atoms in total. The number of carbonyl (C=O) groups is 1. The van der Waals surface area contributed by atoms with Crippen molar-refractivity contribution in [2.75, 3.05) is 0 Å². The topological polar surface area (TPSA) is 37.3 Å². The van der Waals surface area contributed by atoms with Crippen molar-refractivity contribution in [1.29, 1.82) is 0 Å². The molecule has 1 aliphatic carbocycles. The number of carboxylic acids is 1. The standard InChI is InChI=1S/C36H46O2/c1-3-5-11-33(36(37)38)12-8-10-28-17-21-31(22-18-28)34-13-6-7-14-35(34)32-25-23-30(24-26-32)29-19-15-27(9-4-2)16-20-29/h6-7,13-14,17-18,21-27,29,33H,3-5,8-12,15-16,19-20H2,1-2H3,(H,37,38). The van der Waals surface area contributed by atoms with Crippen LogP contribution in [-0.4, -0.2) is 11.1 Å². The maximum absolute atomic E-state index is 11.5. The van der Waals surface area contributed by atoms with Crippen LogP contribution in [0.15, 0.2) is 72.8 Å². The van der Waals surface area contributed by atoms with Gasteiger partial charge in [-0.1, -0.05) is 112 Å². The zero-order valence-electron chi connectivity index (χ0n) is 23.5. The predicted molar refractivity (Wildman–Crippen MR) is 161 cm³/mol. The third-order valence-corrected chi connectivity index (χ3v) is 8.70. The summed E-state index contributed by atoms with van der Waals surface area (Å²) in [4.78, 5) is 11.5. The van der Waals surface area contributed by atoms with Crippen molar-refractivity contribution in [3.8, 4) is 22.3 Å². The monoisotopic (exact) mass is 510 g/mol. The van der Waals surface area contributed by atoms with Crippen LogP contribution in [0.3, 0.4) is 0 Å². The average Bonchev–Trinajstić information content (AvgIpc) is 2.96. The van der Waals surface area contributed by atoms with Crippen LogP contribution < -0.4 is 0 Å². The quantitative estimate of drug-likeness (QED) is 0.248. The first-order valence-electron chi connectivity index (χ1n) is 15.1. The second-order valence-corrected chi connectivity index (χ2v) is 11.4. The van der Waals surface area contributed by atoms with Gasteiger partial charge in [0.05, 0.1) is 5.92 Å². The van der Waals surface area contributed by atoms with Gasteiger partial charge in [-0.05, 0) is 96.6 Å². The Kier molecular flexibility index (Phi) is 10.6. The Morgan fingerprint density at radius 2 is 1.34 bits per heavy atom. The second kappa shape index (κ2) is 14.3. The Morgan fingerprint density at radius 1 is 0.763 bits per heavy atom. The van der Waals surface area contributed by atoms with Crippen molar-refractivity contribution in [3.63, 3.8) is 0 Å². The molecule has 1 atom stereocenters. The number of benzene rings is 3. The van der Waals surface area contributed by atoms with E-state index in [1.54, 1.807) is 0 Å². The molecule has 1 N–H and O–H groups in total. The summed E-state index contributed by atoms with van der Waals surface area (Å²) in [7, 11) is 0. The molecule has 0 spiro atoms. The van der Waals surface area contributed by atoms with Gasteiger partial charge in [0, 0.05) is 0 Å². The van der Waals surface area contributed by atoms with Crippen LogP contribution in [0.25, 0.3) is 22.3 Å². The molecule has 202 valence electrons. The molecule has 3 aromatic rings. The number of rotatable bonds is 13. The van der Waals surface area contributed by atoms with E-state index in [1.807, 2.05) is 0 Å². The second-order valence-electron chi connectivity index (χ2n) is 11.4.